The molecule has 4 aromatic rings. The summed E-state index contributed by atoms with van der Waals surface area (Å²) in [6.45, 7) is 0. The molecule has 2 nitrogen and oxygen atoms in total. The summed E-state index contributed by atoms with van der Waals surface area (Å²) in [5, 5.41) is 13.3. The molecule has 0 amide bonds. The highest BCUT2D eigenvalue weighted by molar-refractivity contribution is 6.01. The van der Waals surface area contributed by atoms with Gasteiger partial charge in [-0.25, -0.2) is 0 Å². The molecule has 24 heavy (non-hydrogen) atoms. The van der Waals surface area contributed by atoms with Crippen LogP contribution in [0.2, 0.25) is 0 Å². The highest BCUT2D eigenvalue weighted by Crippen LogP contribution is 2.18. The first-order valence-electron chi connectivity index (χ1n) is 7.94. The lowest BCUT2D eigenvalue weighted by molar-refractivity contribution is 1.27. The molecule has 0 aliphatic heterocycles. The Labute approximate surface area is 140 Å². The molecule has 4 aromatic carbocycles. The van der Waals surface area contributed by atoms with Gasteiger partial charge in [-0.3, -0.25) is 0 Å². The van der Waals surface area contributed by atoms with Crippen LogP contribution in [-0.2, 0) is 0 Å². The first kappa shape index (κ1) is 14.3. The molecule has 0 aliphatic carbocycles. The summed E-state index contributed by atoms with van der Waals surface area (Å²) in [6, 6.07) is 29.0. The van der Waals surface area contributed by atoms with Crippen molar-refractivity contribution in [2.45, 2.75) is 0 Å². The maximum absolute atomic E-state index is 4.24. The zero-order valence-corrected chi connectivity index (χ0v) is 13.1. The zero-order chi connectivity index (χ0) is 16.2. The van der Waals surface area contributed by atoms with E-state index < -0.39 is 0 Å². The van der Waals surface area contributed by atoms with E-state index in [-0.39, 0.29) is 0 Å². The largest absolute Gasteiger partial charge is 0.158 e. The summed E-state index contributed by atoms with van der Waals surface area (Å²) in [7, 11) is 0. The summed E-state index contributed by atoms with van der Waals surface area (Å²) in [4.78, 5) is 0. The van der Waals surface area contributed by atoms with Crippen LogP contribution in [0.1, 0.15) is 11.1 Å². The second-order valence-electron chi connectivity index (χ2n) is 5.63. The minimum atomic E-state index is 1.07. The van der Waals surface area contributed by atoms with E-state index in [1.54, 1.807) is 0 Å². The van der Waals surface area contributed by atoms with E-state index in [4.69, 9.17) is 0 Å². The van der Waals surface area contributed by atoms with Gasteiger partial charge in [0.05, 0.1) is 12.4 Å². The average molecular weight is 308 g/mol. The maximum Gasteiger partial charge on any atom is 0.0574 e. The third kappa shape index (κ3) is 2.82. The van der Waals surface area contributed by atoms with Gasteiger partial charge in [-0.1, -0.05) is 84.9 Å². The molecule has 0 spiro atoms. The molecule has 4 rings (SSSR count). The molecule has 0 radical (unpaired) electrons. The van der Waals surface area contributed by atoms with Crippen molar-refractivity contribution in [3.63, 3.8) is 0 Å². The van der Waals surface area contributed by atoms with Gasteiger partial charge in [-0.2, -0.15) is 10.2 Å². The van der Waals surface area contributed by atoms with Gasteiger partial charge in [0.2, 0.25) is 0 Å². The minimum absolute atomic E-state index is 1.07. The fourth-order valence-corrected chi connectivity index (χ4v) is 2.92. The molecule has 0 unspecified atom stereocenters. The van der Waals surface area contributed by atoms with Crippen molar-refractivity contribution in [1.29, 1.82) is 0 Å². The summed E-state index contributed by atoms with van der Waals surface area (Å²) < 4.78 is 0. The SMILES string of the molecule is C(=N/N=C/c1cccc2ccccc12)/c1cccc2ccccc12. The standard InChI is InChI=1S/C22H16N2/c1-3-13-21-17(7-1)9-5-11-19(21)15-23-24-16-20-12-6-10-18-8-2-4-14-22(18)20/h1-16H/b23-15-,24-16+. The normalized spacial score (nSPS) is 11.8. The fourth-order valence-electron chi connectivity index (χ4n) is 2.92. The third-order valence-electron chi connectivity index (χ3n) is 4.11. The molecule has 0 saturated carbocycles. The van der Waals surface area contributed by atoms with Crippen LogP contribution in [0.3, 0.4) is 0 Å². The van der Waals surface area contributed by atoms with Crippen LogP contribution >= 0.6 is 0 Å². The Hall–Kier alpha value is -3.26. The van der Waals surface area contributed by atoms with Gasteiger partial charge in [0.1, 0.15) is 0 Å². The second-order valence-corrected chi connectivity index (χ2v) is 5.63. The number of fused-ring (bicyclic) bond motifs is 2. The first-order chi connectivity index (χ1) is 11.9. The molecule has 114 valence electrons. The van der Waals surface area contributed by atoms with E-state index in [0.717, 1.165) is 11.1 Å². The Balaban J connectivity index is 1.64. The van der Waals surface area contributed by atoms with Crippen LogP contribution in [0.4, 0.5) is 0 Å². The number of nitrogens with zero attached hydrogens (tertiary/aromatic N) is 2. The summed E-state index contributed by atoms with van der Waals surface area (Å²) >= 11 is 0. The maximum atomic E-state index is 4.24. The van der Waals surface area contributed by atoms with Crippen LogP contribution in [0.5, 0.6) is 0 Å². The van der Waals surface area contributed by atoms with Crippen LogP contribution in [0.25, 0.3) is 21.5 Å². The van der Waals surface area contributed by atoms with Gasteiger partial charge >= 0.3 is 0 Å². The Kier molecular flexibility index (Phi) is 3.86. The summed E-state index contributed by atoms with van der Waals surface area (Å²) in [6.07, 6.45) is 3.62. The van der Waals surface area contributed by atoms with Crippen LogP contribution in [-0.4, -0.2) is 12.4 Å². The van der Waals surface area contributed by atoms with E-state index in [9.17, 15) is 0 Å². The minimum Gasteiger partial charge on any atom is -0.158 e. The predicted octanol–water partition coefficient (Wildman–Crippen LogP) is 5.45. The lowest BCUT2D eigenvalue weighted by Crippen LogP contribution is -1.85. The molecule has 0 N–H and O–H groups in total. The quantitative estimate of drug-likeness (QED) is 0.355. The molecule has 2 heteroatoms. The van der Waals surface area contributed by atoms with Crippen molar-refractivity contribution in [1.82, 2.24) is 0 Å². The molecule has 0 heterocycles. The van der Waals surface area contributed by atoms with Gasteiger partial charge in [0.15, 0.2) is 0 Å². The Morgan fingerprint density at radius 1 is 0.458 bits per heavy atom. The van der Waals surface area contributed by atoms with E-state index >= 15 is 0 Å². The van der Waals surface area contributed by atoms with Gasteiger partial charge < -0.3 is 0 Å². The van der Waals surface area contributed by atoms with Gasteiger partial charge in [0.25, 0.3) is 0 Å². The molecule has 0 atom stereocenters. The number of benzene rings is 4. The molecule has 0 bridgehead atoms. The fraction of sp³-hybridized carbons (Fsp3) is 0. The van der Waals surface area contributed by atoms with Gasteiger partial charge in [-0.15, -0.1) is 0 Å². The molecule has 0 aliphatic rings. The highest BCUT2D eigenvalue weighted by atomic mass is 15.2. The van der Waals surface area contributed by atoms with Gasteiger partial charge in [0, 0.05) is 11.1 Å². The van der Waals surface area contributed by atoms with Crippen molar-refractivity contribution in [3.05, 3.63) is 96.1 Å². The second kappa shape index (κ2) is 6.47. The molecular formula is C22H16N2. The van der Waals surface area contributed by atoms with Crippen molar-refractivity contribution in [2.75, 3.05) is 0 Å². The van der Waals surface area contributed by atoms with Crippen LogP contribution in [0, 0.1) is 0 Å². The van der Waals surface area contributed by atoms with Crippen LogP contribution in [0.15, 0.2) is 95.1 Å². The van der Waals surface area contributed by atoms with E-state index in [2.05, 4.69) is 58.7 Å². The Morgan fingerprint density at radius 2 is 0.875 bits per heavy atom. The predicted molar refractivity (Wildman–Crippen MR) is 103 cm³/mol. The van der Waals surface area contributed by atoms with Crippen LogP contribution < -0.4 is 0 Å². The van der Waals surface area contributed by atoms with E-state index in [1.807, 2.05) is 48.8 Å². The number of rotatable bonds is 3. The number of hydrogen-bond acceptors (Lipinski definition) is 2. The van der Waals surface area contributed by atoms with Crippen molar-refractivity contribution in [2.24, 2.45) is 10.2 Å². The van der Waals surface area contributed by atoms with E-state index in [0.29, 0.717) is 0 Å². The lowest BCUT2D eigenvalue weighted by Gasteiger charge is -2.01. The Morgan fingerprint density at radius 3 is 1.38 bits per heavy atom. The Bertz CT molecular complexity index is 964. The van der Waals surface area contributed by atoms with Crippen molar-refractivity contribution < 1.29 is 0 Å². The molecular weight excluding hydrogens is 292 g/mol. The van der Waals surface area contributed by atoms with Crippen molar-refractivity contribution in [3.8, 4) is 0 Å². The molecule has 0 saturated heterocycles. The first-order valence-corrected chi connectivity index (χ1v) is 7.94. The van der Waals surface area contributed by atoms with Crippen molar-refractivity contribution >= 4 is 34.0 Å². The molecule has 0 fully saturated rings. The summed E-state index contributed by atoms with van der Waals surface area (Å²) in [5.41, 5.74) is 2.14. The smallest absolute Gasteiger partial charge is 0.0574 e. The monoisotopic (exact) mass is 308 g/mol. The van der Waals surface area contributed by atoms with Gasteiger partial charge in [-0.05, 0) is 21.5 Å². The third-order valence-corrected chi connectivity index (χ3v) is 4.11. The summed E-state index contributed by atoms with van der Waals surface area (Å²) in [5.74, 6) is 0. The highest BCUT2D eigenvalue weighted by Gasteiger charge is 1.97. The van der Waals surface area contributed by atoms with E-state index in [1.165, 1.54) is 21.5 Å². The topological polar surface area (TPSA) is 24.7 Å². The average Bonchev–Trinajstić information content (AvgIpc) is 2.65. The molecule has 0 aromatic heterocycles. The zero-order valence-electron chi connectivity index (χ0n) is 13.1. The number of hydrogen-bond donors (Lipinski definition) is 0. The lowest BCUT2D eigenvalue weighted by atomic mass is 10.1.